The SMILES string of the molecule is CN(C)C(=O)CN=C(NCC1CCOC1)NCC1(C)CCCCCC1. The second kappa shape index (κ2) is 10.00. The van der Waals surface area contributed by atoms with Crippen molar-refractivity contribution in [2.24, 2.45) is 16.3 Å². The molecular weight excluding hydrogens is 316 g/mol. The molecular formula is C19H36N4O2. The maximum Gasteiger partial charge on any atom is 0.243 e. The summed E-state index contributed by atoms with van der Waals surface area (Å²) in [6.07, 6.45) is 8.96. The van der Waals surface area contributed by atoms with Crippen molar-refractivity contribution in [1.29, 1.82) is 0 Å². The molecule has 1 amide bonds. The van der Waals surface area contributed by atoms with Gasteiger partial charge in [0.1, 0.15) is 6.54 Å². The summed E-state index contributed by atoms with van der Waals surface area (Å²) in [7, 11) is 3.53. The predicted molar refractivity (Wildman–Crippen MR) is 102 cm³/mol. The van der Waals surface area contributed by atoms with Crippen LogP contribution >= 0.6 is 0 Å². The molecule has 1 aliphatic carbocycles. The van der Waals surface area contributed by atoms with Crippen molar-refractivity contribution in [3.63, 3.8) is 0 Å². The zero-order valence-electron chi connectivity index (χ0n) is 16.3. The highest BCUT2D eigenvalue weighted by Gasteiger charge is 2.26. The summed E-state index contributed by atoms with van der Waals surface area (Å²) >= 11 is 0. The second-order valence-electron chi connectivity index (χ2n) is 8.14. The average Bonchev–Trinajstić information content (AvgIpc) is 3.01. The molecule has 2 aliphatic rings. The van der Waals surface area contributed by atoms with Gasteiger partial charge in [0.05, 0.1) is 6.61 Å². The highest BCUT2D eigenvalue weighted by molar-refractivity contribution is 5.84. The third kappa shape index (κ3) is 7.22. The molecule has 6 heteroatoms. The Morgan fingerprint density at radius 3 is 2.52 bits per heavy atom. The van der Waals surface area contributed by atoms with Crippen LogP contribution in [0.3, 0.4) is 0 Å². The summed E-state index contributed by atoms with van der Waals surface area (Å²) in [5.74, 6) is 1.31. The number of nitrogens with zero attached hydrogens (tertiary/aromatic N) is 2. The smallest absolute Gasteiger partial charge is 0.243 e. The van der Waals surface area contributed by atoms with Crippen molar-refractivity contribution < 1.29 is 9.53 Å². The number of likely N-dealkylation sites (N-methyl/N-ethyl adjacent to an activating group) is 1. The van der Waals surface area contributed by atoms with Crippen molar-refractivity contribution in [2.75, 3.05) is 46.9 Å². The van der Waals surface area contributed by atoms with Crippen molar-refractivity contribution in [3.05, 3.63) is 0 Å². The minimum Gasteiger partial charge on any atom is -0.381 e. The fraction of sp³-hybridized carbons (Fsp3) is 0.895. The van der Waals surface area contributed by atoms with E-state index in [1.165, 1.54) is 38.5 Å². The summed E-state index contributed by atoms with van der Waals surface area (Å²) in [5, 5.41) is 6.92. The number of rotatable bonds is 6. The van der Waals surface area contributed by atoms with Gasteiger partial charge in [0.25, 0.3) is 0 Å². The quantitative estimate of drug-likeness (QED) is 0.436. The molecule has 1 unspecified atom stereocenters. The van der Waals surface area contributed by atoms with E-state index in [0.717, 1.165) is 38.7 Å². The van der Waals surface area contributed by atoms with Crippen LogP contribution in [0.5, 0.6) is 0 Å². The van der Waals surface area contributed by atoms with E-state index >= 15 is 0 Å². The summed E-state index contributed by atoms with van der Waals surface area (Å²) in [6, 6.07) is 0. The topological polar surface area (TPSA) is 66.0 Å². The van der Waals surface area contributed by atoms with Gasteiger partial charge < -0.3 is 20.3 Å². The molecule has 0 spiro atoms. The fourth-order valence-electron chi connectivity index (χ4n) is 3.50. The van der Waals surface area contributed by atoms with Gasteiger partial charge >= 0.3 is 0 Å². The van der Waals surface area contributed by atoms with E-state index in [-0.39, 0.29) is 12.5 Å². The van der Waals surface area contributed by atoms with Crippen LogP contribution in [0.4, 0.5) is 0 Å². The average molecular weight is 353 g/mol. The summed E-state index contributed by atoms with van der Waals surface area (Å²) in [5.41, 5.74) is 0.320. The van der Waals surface area contributed by atoms with Gasteiger partial charge in [-0.15, -0.1) is 0 Å². The van der Waals surface area contributed by atoms with E-state index < -0.39 is 0 Å². The monoisotopic (exact) mass is 352 g/mol. The first-order chi connectivity index (χ1) is 12.0. The predicted octanol–water partition coefficient (Wildman–Crippen LogP) is 2.01. The molecule has 0 aromatic rings. The van der Waals surface area contributed by atoms with Crippen LogP contribution in [-0.2, 0) is 9.53 Å². The van der Waals surface area contributed by atoms with Crippen LogP contribution in [0, 0.1) is 11.3 Å². The number of hydrogen-bond acceptors (Lipinski definition) is 3. The number of hydrogen-bond donors (Lipinski definition) is 2. The molecule has 1 heterocycles. The van der Waals surface area contributed by atoms with Crippen LogP contribution in [0.2, 0.25) is 0 Å². The van der Waals surface area contributed by atoms with Gasteiger partial charge in [0.15, 0.2) is 5.96 Å². The molecule has 1 aliphatic heterocycles. The van der Waals surface area contributed by atoms with Crippen molar-refractivity contribution in [1.82, 2.24) is 15.5 Å². The number of ether oxygens (including phenoxy) is 1. The van der Waals surface area contributed by atoms with Gasteiger partial charge in [-0.25, -0.2) is 4.99 Å². The number of carbonyl (C=O) groups is 1. The van der Waals surface area contributed by atoms with Crippen LogP contribution in [-0.4, -0.2) is 63.7 Å². The maximum atomic E-state index is 11.9. The zero-order valence-corrected chi connectivity index (χ0v) is 16.3. The third-order valence-electron chi connectivity index (χ3n) is 5.45. The van der Waals surface area contributed by atoms with Gasteiger partial charge in [0.2, 0.25) is 5.91 Å². The molecule has 0 aromatic carbocycles. The van der Waals surface area contributed by atoms with E-state index in [1.807, 2.05) is 0 Å². The van der Waals surface area contributed by atoms with Crippen molar-refractivity contribution in [2.45, 2.75) is 51.9 Å². The molecule has 2 N–H and O–H groups in total. The van der Waals surface area contributed by atoms with E-state index in [0.29, 0.717) is 11.3 Å². The number of nitrogens with one attached hydrogen (secondary N) is 2. The van der Waals surface area contributed by atoms with Crippen molar-refractivity contribution >= 4 is 11.9 Å². The highest BCUT2D eigenvalue weighted by atomic mass is 16.5. The first-order valence-corrected chi connectivity index (χ1v) is 9.79. The summed E-state index contributed by atoms with van der Waals surface area (Å²) in [6.45, 7) is 5.98. The van der Waals surface area contributed by atoms with E-state index in [4.69, 9.17) is 4.74 Å². The normalized spacial score (nSPS) is 23.8. The molecule has 1 atom stereocenters. The lowest BCUT2D eigenvalue weighted by molar-refractivity contribution is -0.127. The molecule has 0 radical (unpaired) electrons. The second-order valence-corrected chi connectivity index (χ2v) is 8.14. The Morgan fingerprint density at radius 2 is 1.92 bits per heavy atom. The van der Waals surface area contributed by atoms with E-state index in [1.54, 1.807) is 19.0 Å². The Hall–Kier alpha value is -1.30. The van der Waals surface area contributed by atoms with E-state index in [9.17, 15) is 4.79 Å². The molecule has 6 nitrogen and oxygen atoms in total. The van der Waals surface area contributed by atoms with Crippen LogP contribution in [0.1, 0.15) is 51.9 Å². The van der Waals surface area contributed by atoms with Crippen molar-refractivity contribution in [3.8, 4) is 0 Å². The molecule has 0 aromatic heterocycles. The molecule has 25 heavy (non-hydrogen) atoms. The summed E-state index contributed by atoms with van der Waals surface area (Å²) < 4.78 is 5.44. The minimum atomic E-state index is 0.0194. The van der Waals surface area contributed by atoms with Gasteiger partial charge in [-0.1, -0.05) is 32.6 Å². The number of guanidine groups is 1. The minimum absolute atomic E-state index is 0.0194. The zero-order chi connectivity index (χ0) is 18.1. The lowest BCUT2D eigenvalue weighted by atomic mass is 9.82. The third-order valence-corrected chi connectivity index (χ3v) is 5.45. The van der Waals surface area contributed by atoms with Gasteiger partial charge in [0, 0.05) is 39.7 Å². The molecule has 1 saturated heterocycles. The Morgan fingerprint density at radius 1 is 1.20 bits per heavy atom. The van der Waals surface area contributed by atoms with Gasteiger partial charge in [-0.05, 0) is 24.7 Å². The lowest BCUT2D eigenvalue weighted by Crippen LogP contribution is -2.45. The molecule has 2 rings (SSSR count). The standard InChI is InChI=1S/C19H36N4O2/c1-19(9-6-4-5-7-10-19)15-22-18(21-13-17(24)23(2)3)20-12-16-8-11-25-14-16/h16H,4-15H2,1-3H3,(H2,20,21,22). The molecule has 144 valence electrons. The highest BCUT2D eigenvalue weighted by Crippen LogP contribution is 2.33. The Kier molecular flexibility index (Phi) is 8.00. The lowest BCUT2D eigenvalue weighted by Gasteiger charge is -2.29. The Bertz CT molecular complexity index is 437. The Balaban J connectivity index is 1.89. The van der Waals surface area contributed by atoms with Gasteiger partial charge in [-0.3, -0.25) is 4.79 Å². The first-order valence-electron chi connectivity index (χ1n) is 9.79. The summed E-state index contributed by atoms with van der Waals surface area (Å²) in [4.78, 5) is 18.0. The fourth-order valence-corrected chi connectivity index (χ4v) is 3.50. The molecule has 1 saturated carbocycles. The van der Waals surface area contributed by atoms with E-state index in [2.05, 4.69) is 22.5 Å². The number of carbonyl (C=O) groups excluding carboxylic acids is 1. The van der Waals surface area contributed by atoms with Gasteiger partial charge in [-0.2, -0.15) is 0 Å². The number of amides is 1. The Labute approximate surface area is 152 Å². The van der Waals surface area contributed by atoms with Crippen LogP contribution < -0.4 is 10.6 Å². The van der Waals surface area contributed by atoms with Crippen LogP contribution in [0.15, 0.2) is 4.99 Å². The first kappa shape index (κ1) is 20.0. The molecule has 2 fully saturated rings. The van der Waals surface area contributed by atoms with Crippen LogP contribution in [0.25, 0.3) is 0 Å². The maximum absolute atomic E-state index is 11.9. The molecule has 0 bridgehead atoms. The number of aliphatic imine (C=N–C) groups is 1. The largest absolute Gasteiger partial charge is 0.381 e.